The number of nitrogens with one attached hydrogen (secondary N) is 1. The van der Waals surface area contributed by atoms with Gasteiger partial charge in [0.05, 0.1) is 11.0 Å². The molecule has 0 bridgehead atoms. The summed E-state index contributed by atoms with van der Waals surface area (Å²) in [7, 11) is 0. The number of non-ortho nitro benzene ring substituents is 1. The summed E-state index contributed by atoms with van der Waals surface area (Å²) >= 11 is 1.49. The molecule has 0 spiro atoms. The summed E-state index contributed by atoms with van der Waals surface area (Å²) in [6.45, 7) is 0. The number of thiophene rings is 1. The molecule has 0 fully saturated rings. The van der Waals surface area contributed by atoms with Crippen molar-refractivity contribution in [3.05, 3.63) is 104 Å². The van der Waals surface area contributed by atoms with Gasteiger partial charge in [-0.15, -0.1) is 11.3 Å². The third kappa shape index (κ3) is 4.86. The maximum Gasteiger partial charge on any atom is 0.269 e. The van der Waals surface area contributed by atoms with Gasteiger partial charge in [0, 0.05) is 23.1 Å². The minimum absolute atomic E-state index is 0.00864. The minimum atomic E-state index is -0.478. The van der Waals surface area contributed by atoms with E-state index in [1.807, 2.05) is 17.5 Å². The summed E-state index contributed by atoms with van der Waals surface area (Å²) in [6, 6.07) is 15.3. The van der Waals surface area contributed by atoms with Gasteiger partial charge in [-0.25, -0.2) is 4.39 Å². The maximum atomic E-state index is 13.2. The number of hydrogen-bond donors (Lipinski definition) is 1. The van der Waals surface area contributed by atoms with Gasteiger partial charge in [0.2, 0.25) is 5.91 Å². The molecule has 1 N–H and O–H groups in total. The number of carbonyl (C=O) groups is 1. The van der Waals surface area contributed by atoms with E-state index in [1.165, 1.54) is 41.7 Å². The Kier molecular flexibility index (Phi) is 5.73. The standard InChI is InChI=1S/C20H15FN2O3S/c21-16-8-6-15(7-9-16)20(18-2-1-13-27-18)22-19(24)12-5-14-3-10-17(11-4-14)23(25)26/h1-13,20H,(H,22,24)/b12-5+. The Balaban J connectivity index is 1.74. The summed E-state index contributed by atoms with van der Waals surface area (Å²) in [5.41, 5.74) is 1.44. The van der Waals surface area contributed by atoms with E-state index in [4.69, 9.17) is 0 Å². The Bertz CT molecular complexity index is 952. The molecule has 136 valence electrons. The van der Waals surface area contributed by atoms with Gasteiger partial charge in [-0.05, 0) is 52.9 Å². The highest BCUT2D eigenvalue weighted by Gasteiger charge is 2.17. The number of halogens is 1. The highest BCUT2D eigenvalue weighted by atomic mass is 32.1. The summed E-state index contributed by atoms with van der Waals surface area (Å²) < 4.78 is 13.2. The molecule has 0 saturated heterocycles. The van der Waals surface area contributed by atoms with Crippen LogP contribution in [-0.2, 0) is 4.79 Å². The second-order valence-corrected chi connectivity index (χ2v) is 6.67. The van der Waals surface area contributed by atoms with Gasteiger partial charge < -0.3 is 5.32 Å². The number of rotatable bonds is 6. The molecule has 3 rings (SSSR count). The number of nitrogens with zero attached hydrogens (tertiary/aromatic N) is 1. The van der Waals surface area contributed by atoms with Crippen molar-refractivity contribution in [2.24, 2.45) is 0 Å². The summed E-state index contributed by atoms with van der Waals surface area (Å²) in [4.78, 5) is 23.5. The third-order valence-corrected chi connectivity index (χ3v) is 4.79. The fourth-order valence-corrected chi connectivity index (χ4v) is 3.30. The van der Waals surface area contributed by atoms with Crippen LogP contribution < -0.4 is 5.32 Å². The van der Waals surface area contributed by atoms with Crippen LogP contribution in [0.15, 0.2) is 72.1 Å². The second kappa shape index (κ2) is 8.37. The van der Waals surface area contributed by atoms with Gasteiger partial charge in [0.1, 0.15) is 5.82 Å². The van der Waals surface area contributed by atoms with Crippen LogP contribution in [0, 0.1) is 15.9 Å². The van der Waals surface area contributed by atoms with Gasteiger partial charge >= 0.3 is 0 Å². The highest BCUT2D eigenvalue weighted by Crippen LogP contribution is 2.26. The van der Waals surface area contributed by atoms with E-state index in [2.05, 4.69) is 5.32 Å². The first-order chi connectivity index (χ1) is 13.0. The van der Waals surface area contributed by atoms with Gasteiger partial charge in [0.15, 0.2) is 0 Å². The molecule has 0 saturated carbocycles. The Morgan fingerprint density at radius 3 is 2.41 bits per heavy atom. The van der Waals surface area contributed by atoms with Crippen LogP contribution in [0.1, 0.15) is 22.0 Å². The van der Waals surface area contributed by atoms with E-state index in [9.17, 15) is 19.3 Å². The molecule has 0 aliphatic carbocycles. The van der Waals surface area contributed by atoms with E-state index >= 15 is 0 Å². The van der Waals surface area contributed by atoms with E-state index in [0.29, 0.717) is 5.56 Å². The van der Waals surface area contributed by atoms with Gasteiger partial charge in [0.25, 0.3) is 5.69 Å². The molecule has 1 atom stereocenters. The zero-order chi connectivity index (χ0) is 19.2. The topological polar surface area (TPSA) is 72.2 Å². The zero-order valence-electron chi connectivity index (χ0n) is 14.0. The fourth-order valence-electron chi connectivity index (χ4n) is 2.50. The molecule has 27 heavy (non-hydrogen) atoms. The molecule has 3 aromatic rings. The number of nitro benzene ring substituents is 1. The Morgan fingerprint density at radius 2 is 1.81 bits per heavy atom. The van der Waals surface area contributed by atoms with Crippen molar-refractivity contribution in [3.63, 3.8) is 0 Å². The van der Waals surface area contributed by atoms with Gasteiger partial charge in [-0.2, -0.15) is 0 Å². The van der Waals surface area contributed by atoms with Crippen LogP contribution in [0.2, 0.25) is 0 Å². The molecular formula is C20H15FN2O3S. The Labute approximate surface area is 158 Å². The van der Waals surface area contributed by atoms with E-state index in [-0.39, 0.29) is 23.5 Å². The smallest absolute Gasteiger partial charge is 0.269 e. The fraction of sp³-hybridized carbons (Fsp3) is 0.0500. The Morgan fingerprint density at radius 1 is 1.11 bits per heavy atom. The molecule has 7 heteroatoms. The number of amides is 1. The first-order valence-electron chi connectivity index (χ1n) is 8.05. The van der Waals surface area contributed by atoms with Crippen LogP contribution in [0.3, 0.4) is 0 Å². The molecule has 5 nitrogen and oxygen atoms in total. The summed E-state index contributed by atoms with van der Waals surface area (Å²) in [5, 5.41) is 15.5. The summed E-state index contributed by atoms with van der Waals surface area (Å²) in [5.74, 6) is -0.663. The van der Waals surface area contributed by atoms with Crippen molar-refractivity contribution in [2.75, 3.05) is 0 Å². The first-order valence-corrected chi connectivity index (χ1v) is 8.93. The van der Waals surface area contributed by atoms with Crippen LogP contribution in [-0.4, -0.2) is 10.8 Å². The average molecular weight is 382 g/mol. The minimum Gasteiger partial charge on any atom is -0.341 e. The molecule has 2 aromatic carbocycles. The van der Waals surface area contributed by atoms with Crippen LogP contribution in [0.4, 0.5) is 10.1 Å². The van der Waals surface area contributed by atoms with Crippen LogP contribution in [0.25, 0.3) is 6.08 Å². The number of carbonyl (C=O) groups excluding carboxylic acids is 1. The lowest BCUT2D eigenvalue weighted by atomic mass is 10.1. The zero-order valence-corrected chi connectivity index (χ0v) is 14.9. The average Bonchev–Trinajstić information content (AvgIpc) is 3.20. The molecule has 1 amide bonds. The van der Waals surface area contributed by atoms with E-state index < -0.39 is 4.92 Å². The van der Waals surface area contributed by atoms with E-state index in [0.717, 1.165) is 10.4 Å². The highest BCUT2D eigenvalue weighted by molar-refractivity contribution is 7.10. The molecule has 0 radical (unpaired) electrons. The van der Waals surface area contributed by atoms with Gasteiger partial charge in [-0.3, -0.25) is 14.9 Å². The lowest BCUT2D eigenvalue weighted by Crippen LogP contribution is -2.27. The van der Waals surface area contributed by atoms with Crippen molar-refractivity contribution in [1.29, 1.82) is 0 Å². The predicted molar refractivity (Wildman–Crippen MR) is 103 cm³/mol. The molecule has 0 aliphatic heterocycles. The van der Waals surface area contributed by atoms with Crippen molar-refractivity contribution < 1.29 is 14.1 Å². The molecule has 1 unspecified atom stereocenters. The normalized spacial score (nSPS) is 12.0. The largest absolute Gasteiger partial charge is 0.341 e. The number of hydrogen-bond acceptors (Lipinski definition) is 4. The molecular weight excluding hydrogens is 367 g/mol. The first kappa shape index (κ1) is 18.5. The maximum absolute atomic E-state index is 13.2. The predicted octanol–water partition coefficient (Wildman–Crippen LogP) is 4.71. The SMILES string of the molecule is O=C(/C=C/c1ccc([N+](=O)[O-])cc1)NC(c1ccc(F)cc1)c1cccs1. The van der Waals surface area contributed by atoms with Crippen LogP contribution in [0.5, 0.6) is 0 Å². The lowest BCUT2D eigenvalue weighted by Gasteiger charge is -2.17. The van der Waals surface area contributed by atoms with Crippen molar-refractivity contribution in [2.45, 2.75) is 6.04 Å². The summed E-state index contributed by atoms with van der Waals surface area (Å²) in [6.07, 6.45) is 2.94. The Hall–Kier alpha value is -3.32. The van der Waals surface area contributed by atoms with Gasteiger partial charge in [-0.1, -0.05) is 18.2 Å². The van der Waals surface area contributed by atoms with E-state index in [1.54, 1.807) is 30.3 Å². The molecule has 0 aliphatic rings. The molecule has 1 heterocycles. The van der Waals surface area contributed by atoms with Crippen molar-refractivity contribution in [3.8, 4) is 0 Å². The monoisotopic (exact) mass is 382 g/mol. The van der Waals surface area contributed by atoms with Crippen molar-refractivity contribution >= 4 is 29.0 Å². The molecule has 1 aromatic heterocycles. The van der Waals surface area contributed by atoms with Crippen molar-refractivity contribution in [1.82, 2.24) is 5.32 Å². The third-order valence-electron chi connectivity index (χ3n) is 3.85. The number of nitro groups is 1. The quantitative estimate of drug-likeness (QED) is 0.381. The second-order valence-electron chi connectivity index (χ2n) is 5.69. The number of benzene rings is 2. The van der Waals surface area contributed by atoms with Crippen LogP contribution >= 0.6 is 11.3 Å². The lowest BCUT2D eigenvalue weighted by molar-refractivity contribution is -0.384.